The first kappa shape index (κ1) is 11.1. The maximum absolute atomic E-state index is 9.31. The van der Waals surface area contributed by atoms with Gasteiger partial charge in [-0.05, 0) is 30.9 Å². The molecule has 0 radical (unpaired) electrons. The van der Waals surface area contributed by atoms with Crippen molar-refractivity contribution in [1.82, 2.24) is 5.32 Å². The predicted molar refractivity (Wildman–Crippen MR) is 61.7 cm³/mol. The minimum absolute atomic E-state index is 0.0947. The summed E-state index contributed by atoms with van der Waals surface area (Å²) in [6.07, 6.45) is 3.23. The third kappa shape index (κ3) is 2.08. The maximum Gasteiger partial charge on any atom is 0.0995 e. The number of rotatable bonds is 4. The third-order valence-corrected chi connectivity index (χ3v) is 3.40. The van der Waals surface area contributed by atoms with Gasteiger partial charge in [0.15, 0.2) is 0 Å². The van der Waals surface area contributed by atoms with Crippen molar-refractivity contribution >= 4 is 0 Å². The van der Waals surface area contributed by atoms with E-state index in [-0.39, 0.29) is 12.1 Å². The molecule has 1 aromatic rings. The van der Waals surface area contributed by atoms with Crippen LogP contribution in [0.1, 0.15) is 30.4 Å². The lowest BCUT2D eigenvalue weighted by atomic mass is 9.77. The van der Waals surface area contributed by atoms with Crippen molar-refractivity contribution in [1.29, 1.82) is 5.26 Å². The molecule has 0 unspecified atom stereocenters. The lowest BCUT2D eigenvalue weighted by Crippen LogP contribution is -2.53. The molecule has 1 aliphatic rings. The highest BCUT2D eigenvalue weighted by molar-refractivity contribution is 5.37. The van der Waals surface area contributed by atoms with Crippen LogP contribution in [0.15, 0.2) is 24.3 Å². The van der Waals surface area contributed by atoms with E-state index in [1.807, 2.05) is 24.3 Å². The molecule has 0 bridgehead atoms. The molecular formula is C13H16N2O. The van der Waals surface area contributed by atoms with Crippen LogP contribution in [-0.4, -0.2) is 17.3 Å². The fourth-order valence-corrected chi connectivity index (χ4v) is 2.06. The first-order chi connectivity index (χ1) is 7.79. The Morgan fingerprint density at radius 1 is 1.38 bits per heavy atom. The molecule has 0 atom stereocenters. The summed E-state index contributed by atoms with van der Waals surface area (Å²) in [7, 11) is 0. The molecule has 0 aliphatic heterocycles. The summed E-state index contributed by atoms with van der Waals surface area (Å²) in [6, 6.07) is 9.76. The van der Waals surface area contributed by atoms with Crippen molar-refractivity contribution in [3.63, 3.8) is 0 Å². The van der Waals surface area contributed by atoms with Crippen LogP contribution in [0.3, 0.4) is 0 Å². The molecule has 1 aliphatic carbocycles. The van der Waals surface area contributed by atoms with Gasteiger partial charge in [-0.15, -0.1) is 0 Å². The van der Waals surface area contributed by atoms with Gasteiger partial charge < -0.3 is 10.4 Å². The van der Waals surface area contributed by atoms with Gasteiger partial charge in [-0.3, -0.25) is 0 Å². The summed E-state index contributed by atoms with van der Waals surface area (Å²) in [4.78, 5) is 0. The quantitative estimate of drug-likeness (QED) is 0.803. The van der Waals surface area contributed by atoms with Gasteiger partial charge in [0.25, 0.3) is 0 Å². The molecule has 2 N–H and O–H groups in total. The molecule has 1 fully saturated rings. The maximum atomic E-state index is 9.31. The zero-order valence-electron chi connectivity index (χ0n) is 9.24. The molecule has 84 valence electrons. The van der Waals surface area contributed by atoms with Crippen LogP contribution >= 0.6 is 0 Å². The Morgan fingerprint density at radius 2 is 2.12 bits per heavy atom. The molecule has 0 heterocycles. The van der Waals surface area contributed by atoms with E-state index in [2.05, 4.69) is 11.4 Å². The van der Waals surface area contributed by atoms with E-state index in [1.54, 1.807) is 0 Å². The summed E-state index contributed by atoms with van der Waals surface area (Å²) in [5.74, 6) is 0. The number of hydrogen-bond acceptors (Lipinski definition) is 3. The first-order valence-corrected chi connectivity index (χ1v) is 5.63. The zero-order valence-corrected chi connectivity index (χ0v) is 9.24. The molecule has 2 rings (SSSR count). The Kier molecular flexibility index (Phi) is 3.23. The van der Waals surface area contributed by atoms with Crippen LogP contribution in [0.5, 0.6) is 0 Å². The van der Waals surface area contributed by atoms with Gasteiger partial charge in [0, 0.05) is 12.1 Å². The summed E-state index contributed by atoms with van der Waals surface area (Å²) in [5, 5.41) is 21.6. The van der Waals surface area contributed by atoms with Crippen molar-refractivity contribution in [3.05, 3.63) is 35.4 Å². The number of nitrogens with one attached hydrogen (secondary N) is 1. The largest absolute Gasteiger partial charge is 0.394 e. The first-order valence-electron chi connectivity index (χ1n) is 5.63. The third-order valence-electron chi connectivity index (χ3n) is 3.40. The molecular weight excluding hydrogens is 200 g/mol. The van der Waals surface area contributed by atoms with Crippen LogP contribution in [0, 0.1) is 11.3 Å². The van der Waals surface area contributed by atoms with E-state index >= 15 is 0 Å². The van der Waals surface area contributed by atoms with Gasteiger partial charge in [-0.25, -0.2) is 0 Å². The van der Waals surface area contributed by atoms with E-state index in [0.717, 1.165) is 18.4 Å². The van der Waals surface area contributed by atoms with E-state index < -0.39 is 0 Å². The number of nitrogens with zero attached hydrogens (tertiary/aromatic N) is 1. The van der Waals surface area contributed by atoms with Gasteiger partial charge in [0.05, 0.1) is 18.2 Å². The van der Waals surface area contributed by atoms with Gasteiger partial charge >= 0.3 is 0 Å². The Hall–Kier alpha value is -1.37. The van der Waals surface area contributed by atoms with Crippen LogP contribution in [-0.2, 0) is 6.54 Å². The van der Waals surface area contributed by atoms with Crippen molar-refractivity contribution in [2.45, 2.75) is 31.3 Å². The van der Waals surface area contributed by atoms with Crippen molar-refractivity contribution in [2.75, 3.05) is 6.61 Å². The van der Waals surface area contributed by atoms with Gasteiger partial charge in [-0.2, -0.15) is 5.26 Å². The van der Waals surface area contributed by atoms with Crippen LogP contribution in [0.25, 0.3) is 0 Å². The summed E-state index contributed by atoms with van der Waals surface area (Å²) >= 11 is 0. The number of aliphatic hydroxyl groups is 1. The highest BCUT2D eigenvalue weighted by Gasteiger charge is 2.35. The fraction of sp³-hybridized carbons (Fsp3) is 0.462. The average Bonchev–Trinajstić information content (AvgIpc) is 2.29. The monoisotopic (exact) mass is 216 g/mol. The SMILES string of the molecule is N#Cc1ccccc1CNC1(CO)CCC1. The molecule has 0 amide bonds. The minimum atomic E-state index is -0.0947. The highest BCUT2D eigenvalue weighted by Crippen LogP contribution is 2.31. The number of nitriles is 1. The number of aliphatic hydroxyl groups excluding tert-OH is 1. The number of benzene rings is 1. The molecule has 3 nitrogen and oxygen atoms in total. The van der Waals surface area contributed by atoms with Gasteiger partial charge in [0.1, 0.15) is 0 Å². The summed E-state index contributed by atoms with van der Waals surface area (Å²) in [5.41, 5.74) is 1.62. The van der Waals surface area contributed by atoms with Gasteiger partial charge in [0.2, 0.25) is 0 Å². The van der Waals surface area contributed by atoms with E-state index in [1.165, 1.54) is 6.42 Å². The zero-order chi connectivity index (χ0) is 11.4. The topological polar surface area (TPSA) is 56.0 Å². The average molecular weight is 216 g/mol. The Bertz CT molecular complexity index is 399. The molecule has 3 heteroatoms. The normalized spacial score (nSPS) is 17.5. The molecule has 0 saturated heterocycles. The summed E-state index contributed by atoms with van der Waals surface area (Å²) < 4.78 is 0. The highest BCUT2D eigenvalue weighted by atomic mass is 16.3. The Balaban J connectivity index is 2.02. The second kappa shape index (κ2) is 4.65. The van der Waals surface area contributed by atoms with Crippen LogP contribution in [0.2, 0.25) is 0 Å². The lowest BCUT2D eigenvalue weighted by molar-refractivity contribution is 0.0872. The van der Waals surface area contributed by atoms with E-state index in [0.29, 0.717) is 12.1 Å². The molecule has 0 spiro atoms. The van der Waals surface area contributed by atoms with Gasteiger partial charge in [-0.1, -0.05) is 18.2 Å². The summed E-state index contributed by atoms with van der Waals surface area (Å²) in [6.45, 7) is 0.839. The van der Waals surface area contributed by atoms with Crippen molar-refractivity contribution < 1.29 is 5.11 Å². The smallest absolute Gasteiger partial charge is 0.0995 e. The molecule has 1 saturated carbocycles. The van der Waals surface area contributed by atoms with Crippen LogP contribution < -0.4 is 5.32 Å². The van der Waals surface area contributed by atoms with E-state index in [9.17, 15) is 5.11 Å². The van der Waals surface area contributed by atoms with Crippen molar-refractivity contribution in [2.24, 2.45) is 0 Å². The number of hydrogen-bond donors (Lipinski definition) is 2. The lowest BCUT2D eigenvalue weighted by Gasteiger charge is -2.41. The van der Waals surface area contributed by atoms with E-state index in [4.69, 9.17) is 5.26 Å². The Labute approximate surface area is 95.7 Å². The predicted octanol–water partition coefficient (Wildman–Crippen LogP) is 1.56. The molecule has 1 aromatic carbocycles. The molecule has 16 heavy (non-hydrogen) atoms. The standard InChI is InChI=1S/C13H16N2O/c14-8-11-4-1-2-5-12(11)9-15-13(10-16)6-3-7-13/h1-2,4-5,15-16H,3,6-7,9-10H2. The fourth-order valence-electron chi connectivity index (χ4n) is 2.06. The second-order valence-electron chi connectivity index (χ2n) is 4.41. The van der Waals surface area contributed by atoms with Crippen LogP contribution in [0.4, 0.5) is 0 Å². The second-order valence-corrected chi connectivity index (χ2v) is 4.41. The van der Waals surface area contributed by atoms with Crippen molar-refractivity contribution in [3.8, 4) is 6.07 Å². The molecule has 0 aromatic heterocycles. The minimum Gasteiger partial charge on any atom is -0.394 e. The Morgan fingerprint density at radius 3 is 2.69 bits per heavy atom.